The molecule has 0 spiro atoms. The highest BCUT2D eigenvalue weighted by Gasteiger charge is 2.18. The molecule has 2 heteroatoms. The molecule has 0 aromatic heterocycles. The molecule has 0 aliphatic heterocycles. The summed E-state index contributed by atoms with van der Waals surface area (Å²) in [5.74, 6) is 0. The number of rotatable bonds is 2. The molecule has 0 radical (unpaired) electrons. The topological polar surface area (TPSA) is 12.0 Å². The van der Waals surface area contributed by atoms with Gasteiger partial charge in [0.2, 0.25) is 0 Å². The van der Waals surface area contributed by atoms with E-state index in [2.05, 4.69) is 42.7 Å². The summed E-state index contributed by atoms with van der Waals surface area (Å²) in [5.41, 5.74) is 5.45. The van der Waals surface area contributed by atoms with Crippen LogP contribution in [0.2, 0.25) is 5.02 Å². The van der Waals surface area contributed by atoms with Crippen molar-refractivity contribution in [1.29, 1.82) is 0 Å². The third kappa shape index (κ3) is 2.54. The Balaban J connectivity index is 2.02. The molecule has 1 unspecified atom stereocenters. The van der Waals surface area contributed by atoms with Crippen molar-refractivity contribution < 1.29 is 0 Å². The number of nitrogens with one attached hydrogen (secondary N) is 1. The molecule has 19 heavy (non-hydrogen) atoms. The highest BCUT2D eigenvalue weighted by atomic mass is 35.5. The second-order valence-corrected chi connectivity index (χ2v) is 5.59. The smallest absolute Gasteiger partial charge is 0.0406 e. The van der Waals surface area contributed by atoms with E-state index in [0.717, 1.165) is 5.02 Å². The number of hydrogen-bond acceptors (Lipinski definition) is 1. The van der Waals surface area contributed by atoms with Crippen LogP contribution in [0.15, 0.2) is 42.5 Å². The third-order valence-corrected chi connectivity index (χ3v) is 4.24. The van der Waals surface area contributed by atoms with E-state index in [1.165, 1.54) is 41.5 Å². The average Bonchev–Trinajstić information content (AvgIpc) is 2.47. The Morgan fingerprint density at radius 3 is 2.53 bits per heavy atom. The lowest BCUT2D eigenvalue weighted by atomic mass is 9.86. The second kappa shape index (κ2) is 5.36. The van der Waals surface area contributed by atoms with Crippen molar-refractivity contribution in [2.24, 2.45) is 0 Å². The van der Waals surface area contributed by atoms with Crippen LogP contribution in [0, 0.1) is 0 Å². The summed E-state index contributed by atoms with van der Waals surface area (Å²) < 4.78 is 0. The molecule has 0 heterocycles. The van der Waals surface area contributed by atoms with Crippen LogP contribution in [0.3, 0.4) is 0 Å². The fourth-order valence-electron chi connectivity index (χ4n) is 2.92. The minimum Gasteiger partial charge on any atom is -0.313 e. The minimum atomic E-state index is 0.496. The number of benzene rings is 2. The van der Waals surface area contributed by atoms with E-state index < -0.39 is 0 Å². The molecule has 3 rings (SSSR count). The first kappa shape index (κ1) is 12.7. The van der Waals surface area contributed by atoms with E-state index in [0.29, 0.717) is 6.04 Å². The maximum absolute atomic E-state index is 5.95. The van der Waals surface area contributed by atoms with E-state index in [4.69, 9.17) is 11.6 Å². The van der Waals surface area contributed by atoms with Gasteiger partial charge in [-0.25, -0.2) is 0 Å². The van der Waals surface area contributed by atoms with Crippen molar-refractivity contribution in [1.82, 2.24) is 5.32 Å². The SMILES string of the molecule is CNC1CCCc2ccc(-c3ccc(Cl)cc3)cc21. The second-order valence-electron chi connectivity index (χ2n) is 5.15. The van der Waals surface area contributed by atoms with E-state index in [-0.39, 0.29) is 0 Å². The lowest BCUT2D eigenvalue weighted by Gasteiger charge is -2.25. The Morgan fingerprint density at radius 2 is 1.79 bits per heavy atom. The van der Waals surface area contributed by atoms with Crippen LogP contribution in [-0.2, 0) is 6.42 Å². The van der Waals surface area contributed by atoms with Crippen molar-refractivity contribution >= 4 is 11.6 Å². The molecule has 1 nitrogen and oxygen atoms in total. The molecule has 98 valence electrons. The van der Waals surface area contributed by atoms with Crippen molar-refractivity contribution in [2.75, 3.05) is 7.05 Å². The van der Waals surface area contributed by atoms with E-state index >= 15 is 0 Å². The molecule has 2 aromatic rings. The molecule has 1 aliphatic rings. The summed E-state index contributed by atoms with van der Waals surface area (Å²) >= 11 is 5.95. The first-order chi connectivity index (χ1) is 9.28. The lowest BCUT2D eigenvalue weighted by molar-refractivity contribution is 0.497. The molecular formula is C17H18ClN. The van der Waals surface area contributed by atoms with E-state index in [1.54, 1.807) is 0 Å². The number of halogens is 1. The van der Waals surface area contributed by atoms with E-state index in [1.807, 2.05) is 12.1 Å². The van der Waals surface area contributed by atoms with Crippen LogP contribution < -0.4 is 5.32 Å². The first-order valence-corrected chi connectivity index (χ1v) is 7.22. The maximum atomic E-state index is 5.95. The Hall–Kier alpha value is -1.31. The van der Waals surface area contributed by atoms with Gasteiger partial charge in [-0.15, -0.1) is 0 Å². The van der Waals surface area contributed by atoms with Crippen molar-refractivity contribution in [2.45, 2.75) is 25.3 Å². The van der Waals surface area contributed by atoms with Gasteiger partial charge in [0.1, 0.15) is 0 Å². The van der Waals surface area contributed by atoms with Crippen LogP contribution in [0.5, 0.6) is 0 Å². The van der Waals surface area contributed by atoms with Crippen molar-refractivity contribution in [3.05, 3.63) is 58.6 Å². The zero-order valence-electron chi connectivity index (χ0n) is 11.1. The number of hydrogen-bond donors (Lipinski definition) is 1. The van der Waals surface area contributed by atoms with Gasteiger partial charge in [0, 0.05) is 11.1 Å². The zero-order valence-corrected chi connectivity index (χ0v) is 11.9. The number of aryl methyl sites for hydroxylation is 1. The standard InChI is InChI=1S/C17H18ClN/c1-19-17-4-2-3-13-5-6-14(11-16(13)17)12-7-9-15(18)10-8-12/h5-11,17,19H,2-4H2,1H3. The Kier molecular flexibility index (Phi) is 3.58. The molecule has 2 aromatic carbocycles. The lowest BCUT2D eigenvalue weighted by Crippen LogP contribution is -2.21. The molecule has 0 amide bonds. The largest absolute Gasteiger partial charge is 0.313 e. The van der Waals surface area contributed by atoms with Crippen LogP contribution in [0.4, 0.5) is 0 Å². The molecular weight excluding hydrogens is 254 g/mol. The van der Waals surface area contributed by atoms with Crippen LogP contribution >= 0.6 is 11.6 Å². The van der Waals surface area contributed by atoms with Gasteiger partial charge in [-0.3, -0.25) is 0 Å². The molecule has 1 atom stereocenters. The fraction of sp³-hybridized carbons (Fsp3) is 0.294. The summed E-state index contributed by atoms with van der Waals surface area (Å²) in [5, 5.41) is 4.21. The van der Waals surface area contributed by atoms with Crippen molar-refractivity contribution in [3.63, 3.8) is 0 Å². The Bertz CT molecular complexity index is 574. The molecule has 0 bridgehead atoms. The summed E-state index contributed by atoms with van der Waals surface area (Å²) in [6, 6.07) is 15.4. The molecule has 0 fully saturated rings. The monoisotopic (exact) mass is 271 g/mol. The summed E-state index contributed by atoms with van der Waals surface area (Å²) in [6.45, 7) is 0. The summed E-state index contributed by atoms with van der Waals surface area (Å²) in [6.07, 6.45) is 3.71. The van der Waals surface area contributed by atoms with Gasteiger partial charge in [0.15, 0.2) is 0 Å². The van der Waals surface area contributed by atoms with Gasteiger partial charge in [-0.2, -0.15) is 0 Å². The predicted molar refractivity (Wildman–Crippen MR) is 81.6 cm³/mol. The predicted octanol–water partition coefficient (Wildman–Crippen LogP) is 4.60. The van der Waals surface area contributed by atoms with Gasteiger partial charge < -0.3 is 5.32 Å². The molecule has 1 aliphatic carbocycles. The maximum Gasteiger partial charge on any atom is 0.0406 e. The molecule has 1 N–H and O–H groups in total. The van der Waals surface area contributed by atoms with Gasteiger partial charge in [-0.05, 0) is 66.8 Å². The van der Waals surface area contributed by atoms with Gasteiger partial charge in [0.05, 0.1) is 0 Å². The summed E-state index contributed by atoms with van der Waals surface area (Å²) in [7, 11) is 2.05. The fourth-order valence-corrected chi connectivity index (χ4v) is 3.05. The Morgan fingerprint density at radius 1 is 1.05 bits per heavy atom. The highest BCUT2D eigenvalue weighted by Crippen LogP contribution is 2.33. The molecule has 0 saturated heterocycles. The van der Waals surface area contributed by atoms with Crippen LogP contribution in [0.1, 0.15) is 30.0 Å². The minimum absolute atomic E-state index is 0.496. The zero-order chi connectivity index (χ0) is 13.2. The quantitative estimate of drug-likeness (QED) is 0.841. The molecule has 0 saturated carbocycles. The Labute approximate surface area is 119 Å². The first-order valence-electron chi connectivity index (χ1n) is 6.84. The average molecular weight is 272 g/mol. The van der Waals surface area contributed by atoms with Crippen molar-refractivity contribution in [3.8, 4) is 11.1 Å². The normalized spacial score (nSPS) is 18.1. The van der Waals surface area contributed by atoms with E-state index in [9.17, 15) is 0 Å². The highest BCUT2D eigenvalue weighted by molar-refractivity contribution is 6.30. The van der Waals surface area contributed by atoms with Gasteiger partial charge in [-0.1, -0.05) is 35.9 Å². The van der Waals surface area contributed by atoms with Gasteiger partial charge in [0.25, 0.3) is 0 Å². The summed E-state index contributed by atoms with van der Waals surface area (Å²) in [4.78, 5) is 0. The third-order valence-electron chi connectivity index (χ3n) is 3.99. The van der Waals surface area contributed by atoms with Crippen LogP contribution in [-0.4, -0.2) is 7.05 Å². The van der Waals surface area contributed by atoms with Crippen LogP contribution in [0.25, 0.3) is 11.1 Å². The number of fused-ring (bicyclic) bond motifs is 1. The van der Waals surface area contributed by atoms with Gasteiger partial charge >= 0.3 is 0 Å².